The molecule has 5 aromatic carbocycles. The molecule has 0 aliphatic carbocycles. The molecular weight excluding hydrogens is 576 g/mol. The zero-order valence-corrected chi connectivity index (χ0v) is 24.4. The normalized spacial score (nSPS) is 12.3. The van der Waals surface area contributed by atoms with E-state index >= 15 is 0 Å². The fourth-order valence-electron chi connectivity index (χ4n) is 5.27. The summed E-state index contributed by atoms with van der Waals surface area (Å²) in [6.07, 6.45) is -6.45. The molecule has 0 atom stereocenters. The van der Waals surface area contributed by atoms with Gasteiger partial charge in [0.25, 0.3) is 0 Å². The molecule has 0 saturated carbocycles. The van der Waals surface area contributed by atoms with Gasteiger partial charge in [-0.25, -0.2) is 0 Å². The molecule has 6 aromatic rings. The Morgan fingerprint density at radius 1 is 0.558 bits per heavy atom. The van der Waals surface area contributed by atoms with E-state index in [9.17, 15) is 17.6 Å². The predicted molar refractivity (Wildman–Crippen MR) is 164 cm³/mol. The standard InChI is InChI=1S/C34H28F4N2O2S/c1-3-15-33(35,36)41-27-11-9-21-17-25(7-5-23(21)19-27)29-13-14-30(32-31(29)39-43-40-32)26-8-6-24-20-28(12-10-22(24)18-26)42-34(37,38)16-4-2/h5-14,17-20H,3-4,15-16H2,1-2H3. The number of hydrogen-bond acceptors (Lipinski definition) is 5. The first-order valence-electron chi connectivity index (χ1n) is 14.1. The van der Waals surface area contributed by atoms with E-state index in [0.29, 0.717) is 12.8 Å². The van der Waals surface area contributed by atoms with Gasteiger partial charge in [0.15, 0.2) is 0 Å². The minimum absolute atomic E-state index is 0.128. The summed E-state index contributed by atoms with van der Waals surface area (Å²) in [4.78, 5) is 0. The summed E-state index contributed by atoms with van der Waals surface area (Å²) in [6.45, 7) is 3.38. The topological polar surface area (TPSA) is 44.2 Å². The average molecular weight is 605 g/mol. The lowest BCUT2D eigenvalue weighted by Gasteiger charge is -2.17. The molecule has 0 radical (unpaired) electrons. The highest BCUT2D eigenvalue weighted by atomic mass is 32.1. The number of alkyl halides is 4. The number of aromatic nitrogens is 2. The van der Waals surface area contributed by atoms with Crippen LogP contribution in [0.4, 0.5) is 17.6 Å². The first kappa shape index (κ1) is 28.9. The lowest BCUT2D eigenvalue weighted by Crippen LogP contribution is -2.24. The Labute approximate surface area is 250 Å². The average Bonchev–Trinajstić information content (AvgIpc) is 3.46. The highest BCUT2D eigenvalue weighted by molar-refractivity contribution is 7.00. The van der Waals surface area contributed by atoms with Crippen molar-refractivity contribution >= 4 is 44.3 Å². The monoisotopic (exact) mass is 604 g/mol. The van der Waals surface area contributed by atoms with Gasteiger partial charge < -0.3 is 9.47 Å². The maximum atomic E-state index is 14.0. The Kier molecular flexibility index (Phi) is 7.68. The van der Waals surface area contributed by atoms with Gasteiger partial charge in [-0.2, -0.15) is 26.3 Å². The molecule has 4 nitrogen and oxygen atoms in total. The number of hydrogen-bond donors (Lipinski definition) is 0. The van der Waals surface area contributed by atoms with E-state index in [4.69, 9.17) is 9.47 Å². The smallest absolute Gasteiger partial charge is 0.397 e. The summed E-state index contributed by atoms with van der Waals surface area (Å²) < 4.78 is 75.0. The first-order valence-corrected chi connectivity index (χ1v) is 14.8. The molecule has 9 heteroatoms. The van der Waals surface area contributed by atoms with Crippen LogP contribution in [-0.4, -0.2) is 21.0 Å². The van der Waals surface area contributed by atoms with Crippen LogP contribution in [0.2, 0.25) is 0 Å². The molecule has 0 saturated heterocycles. The number of halogens is 4. The van der Waals surface area contributed by atoms with Crippen LogP contribution >= 0.6 is 11.7 Å². The molecule has 0 fully saturated rings. The van der Waals surface area contributed by atoms with E-state index in [2.05, 4.69) is 8.75 Å². The summed E-state index contributed by atoms with van der Waals surface area (Å²) in [7, 11) is 0. The van der Waals surface area contributed by atoms with Gasteiger partial charge in [0, 0.05) is 11.1 Å². The van der Waals surface area contributed by atoms with Gasteiger partial charge in [0.1, 0.15) is 22.5 Å². The summed E-state index contributed by atoms with van der Waals surface area (Å²) >= 11 is 1.12. The number of benzene rings is 5. The van der Waals surface area contributed by atoms with Gasteiger partial charge in [0.2, 0.25) is 0 Å². The van der Waals surface area contributed by atoms with E-state index in [0.717, 1.165) is 66.6 Å². The van der Waals surface area contributed by atoms with Crippen molar-refractivity contribution in [2.24, 2.45) is 0 Å². The third-order valence-electron chi connectivity index (χ3n) is 7.28. The third-order valence-corrected chi connectivity index (χ3v) is 7.81. The lowest BCUT2D eigenvalue weighted by molar-refractivity contribution is -0.181. The summed E-state index contributed by atoms with van der Waals surface area (Å²) in [6, 6.07) is 25.5. The Morgan fingerprint density at radius 3 is 1.37 bits per heavy atom. The Bertz CT molecular complexity index is 1800. The zero-order chi connectivity index (χ0) is 30.2. The number of nitrogens with zero attached hydrogens (tertiary/aromatic N) is 2. The van der Waals surface area contributed by atoms with Crippen LogP contribution in [0.3, 0.4) is 0 Å². The van der Waals surface area contributed by atoms with Crippen LogP contribution in [0.25, 0.3) is 54.8 Å². The second kappa shape index (κ2) is 11.4. The van der Waals surface area contributed by atoms with Crippen LogP contribution in [0.1, 0.15) is 39.5 Å². The van der Waals surface area contributed by atoms with E-state index in [1.807, 2.05) is 48.5 Å². The second-order valence-electron chi connectivity index (χ2n) is 10.5. The van der Waals surface area contributed by atoms with E-state index in [1.165, 1.54) is 0 Å². The van der Waals surface area contributed by atoms with Crippen LogP contribution in [0, 0.1) is 0 Å². The Balaban J connectivity index is 1.30. The number of ether oxygens (including phenoxy) is 2. The number of fused-ring (bicyclic) bond motifs is 3. The maximum absolute atomic E-state index is 14.0. The van der Waals surface area contributed by atoms with E-state index < -0.39 is 12.2 Å². The fraction of sp³-hybridized carbons (Fsp3) is 0.235. The Hall–Kier alpha value is -4.24. The molecule has 6 rings (SSSR count). The summed E-state index contributed by atoms with van der Waals surface area (Å²) in [5.41, 5.74) is 5.16. The molecule has 1 heterocycles. The highest BCUT2D eigenvalue weighted by Gasteiger charge is 2.31. The molecule has 1 aromatic heterocycles. The van der Waals surface area contributed by atoms with Crippen molar-refractivity contribution in [1.82, 2.24) is 8.75 Å². The van der Waals surface area contributed by atoms with Gasteiger partial charge in [-0.15, -0.1) is 0 Å². The second-order valence-corrected chi connectivity index (χ2v) is 11.1. The van der Waals surface area contributed by atoms with Gasteiger partial charge in [-0.05, 0) is 81.9 Å². The SMILES string of the molecule is CCCC(F)(F)Oc1ccc2cc(-c3ccc(-c4ccc5cc(OC(F)(F)CCC)ccc5c4)c4nsnc34)ccc2c1. The van der Waals surface area contributed by atoms with E-state index in [1.54, 1.807) is 50.2 Å². The third kappa shape index (κ3) is 6.13. The predicted octanol–water partition coefficient (Wildman–Crippen LogP) is 10.9. The van der Waals surface area contributed by atoms with E-state index in [-0.39, 0.29) is 24.3 Å². The van der Waals surface area contributed by atoms with Gasteiger partial charge in [-0.3, -0.25) is 0 Å². The van der Waals surface area contributed by atoms with Crippen LogP contribution in [0.15, 0.2) is 84.9 Å². The largest absolute Gasteiger partial charge is 0.433 e. The fourth-order valence-corrected chi connectivity index (χ4v) is 5.84. The minimum atomic E-state index is -3.21. The maximum Gasteiger partial charge on any atom is 0.397 e. The molecule has 220 valence electrons. The molecule has 0 spiro atoms. The molecule has 0 aliphatic rings. The summed E-state index contributed by atoms with van der Waals surface area (Å²) in [5.74, 6) is 0.255. The Morgan fingerprint density at radius 2 is 0.953 bits per heavy atom. The van der Waals surface area contributed by atoms with Crippen molar-refractivity contribution in [3.63, 3.8) is 0 Å². The van der Waals surface area contributed by atoms with Crippen molar-refractivity contribution in [3.05, 3.63) is 84.9 Å². The molecule has 0 unspecified atom stereocenters. The minimum Gasteiger partial charge on any atom is -0.433 e. The van der Waals surface area contributed by atoms with Crippen LogP contribution in [0.5, 0.6) is 11.5 Å². The number of rotatable bonds is 10. The quantitative estimate of drug-likeness (QED) is 0.146. The van der Waals surface area contributed by atoms with Crippen molar-refractivity contribution in [2.45, 2.75) is 51.7 Å². The first-order chi connectivity index (χ1) is 20.6. The van der Waals surface area contributed by atoms with Crippen molar-refractivity contribution < 1.29 is 27.0 Å². The van der Waals surface area contributed by atoms with Gasteiger partial charge >= 0.3 is 12.2 Å². The van der Waals surface area contributed by atoms with Crippen LogP contribution in [-0.2, 0) is 0 Å². The molecular formula is C34H28F4N2O2S. The molecule has 0 amide bonds. The zero-order valence-electron chi connectivity index (χ0n) is 23.5. The molecule has 0 N–H and O–H groups in total. The molecule has 0 aliphatic heterocycles. The van der Waals surface area contributed by atoms with Crippen molar-refractivity contribution in [1.29, 1.82) is 0 Å². The molecule has 43 heavy (non-hydrogen) atoms. The van der Waals surface area contributed by atoms with Crippen LogP contribution < -0.4 is 9.47 Å². The highest BCUT2D eigenvalue weighted by Crippen LogP contribution is 2.38. The van der Waals surface area contributed by atoms with Gasteiger partial charge in [-0.1, -0.05) is 62.4 Å². The van der Waals surface area contributed by atoms with Crippen molar-refractivity contribution in [2.75, 3.05) is 0 Å². The summed E-state index contributed by atoms with van der Waals surface area (Å²) in [5, 5.41) is 3.34. The van der Waals surface area contributed by atoms with Crippen molar-refractivity contribution in [3.8, 4) is 33.8 Å². The van der Waals surface area contributed by atoms with Gasteiger partial charge in [0.05, 0.1) is 24.6 Å². The lowest BCUT2D eigenvalue weighted by atomic mass is 9.95. The molecule has 0 bridgehead atoms.